The molecule has 1 saturated carbocycles. The van der Waals surface area contributed by atoms with Crippen molar-refractivity contribution in [2.24, 2.45) is 0 Å². The van der Waals surface area contributed by atoms with E-state index in [1.807, 2.05) is 0 Å². The first-order valence-corrected chi connectivity index (χ1v) is 17.6. The van der Waals surface area contributed by atoms with Gasteiger partial charge >= 0.3 is 0 Å². The van der Waals surface area contributed by atoms with Crippen LogP contribution in [0.3, 0.4) is 0 Å². The second-order valence-corrected chi connectivity index (χ2v) is 17.4. The van der Waals surface area contributed by atoms with Gasteiger partial charge in [-0.25, -0.2) is 0 Å². The maximum atomic E-state index is 2.87. The van der Waals surface area contributed by atoms with E-state index in [4.69, 9.17) is 0 Å². The van der Waals surface area contributed by atoms with Crippen LogP contribution in [0.5, 0.6) is 0 Å². The van der Waals surface area contributed by atoms with E-state index in [0.29, 0.717) is 0 Å². The number of benzene rings is 4. The molecule has 2 nitrogen and oxygen atoms in total. The molecule has 4 heterocycles. The molecule has 1 aromatic heterocycles. The molecular formula is C43H47BN2. The van der Waals surface area contributed by atoms with Crippen LogP contribution in [0.15, 0.2) is 72.8 Å². The predicted octanol–water partition coefficient (Wildman–Crippen LogP) is 9.09. The fraction of sp³-hybridized carbons (Fsp3) is 0.395. The van der Waals surface area contributed by atoms with E-state index >= 15 is 0 Å². The van der Waals surface area contributed by atoms with Crippen LogP contribution in [-0.2, 0) is 16.2 Å². The molecule has 0 bridgehead atoms. The van der Waals surface area contributed by atoms with E-state index < -0.39 is 0 Å². The van der Waals surface area contributed by atoms with Crippen molar-refractivity contribution in [2.75, 3.05) is 4.90 Å². The van der Waals surface area contributed by atoms with Crippen LogP contribution < -0.4 is 21.3 Å². The van der Waals surface area contributed by atoms with Crippen molar-refractivity contribution in [2.45, 2.75) is 110 Å². The molecule has 0 N–H and O–H groups in total. The molecule has 9 rings (SSSR count). The smallest absolute Gasteiger partial charge is 0.252 e. The fourth-order valence-electron chi connectivity index (χ4n) is 10.3. The third kappa shape index (κ3) is 3.35. The highest BCUT2D eigenvalue weighted by atomic mass is 15.3. The van der Waals surface area contributed by atoms with Gasteiger partial charge in [-0.2, -0.15) is 0 Å². The van der Waals surface area contributed by atoms with Crippen molar-refractivity contribution < 1.29 is 0 Å². The van der Waals surface area contributed by atoms with E-state index in [1.54, 1.807) is 5.56 Å². The minimum Gasteiger partial charge on any atom is -0.335 e. The molecule has 3 heteroatoms. The second-order valence-electron chi connectivity index (χ2n) is 17.4. The Labute approximate surface area is 275 Å². The molecular weight excluding hydrogens is 555 g/mol. The van der Waals surface area contributed by atoms with E-state index in [2.05, 4.69) is 145 Å². The van der Waals surface area contributed by atoms with Crippen LogP contribution in [0.2, 0.25) is 0 Å². The molecule has 3 aliphatic heterocycles. The molecule has 0 saturated heterocycles. The molecule has 0 radical (unpaired) electrons. The third-order valence-electron chi connectivity index (χ3n) is 12.6. The molecule has 0 spiro atoms. The van der Waals surface area contributed by atoms with E-state index in [9.17, 15) is 0 Å². The summed E-state index contributed by atoms with van der Waals surface area (Å²) in [7, 11) is 0. The maximum absolute atomic E-state index is 2.87. The van der Waals surface area contributed by atoms with Gasteiger partial charge in [0.2, 0.25) is 0 Å². The first kappa shape index (κ1) is 28.5. The Morgan fingerprint density at radius 2 is 1.46 bits per heavy atom. The zero-order valence-corrected chi connectivity index (χ0v) is 29.2. The first-order chi connectivity index (χ1) is 21.8. The van der Waals surface area contributed by atoms with Crippen LogP contribution in [-0.4, -0.2) is 16.8 Å². The number of nitrogens with zero attached hydrogens (tertiary/aromatic N) is 2. The van der Waals surface area contributed by atoms with Crippen LogP contribution in [0.1, 0.15) is 103 Å². The Hall–Kier alpha value is -3.72. The van der Waals surface area contributed by atoms with Gasteiger partial charge in [0.15, 0.2) is 0 Å². The van der Waals surface area contributed by atoms with Crippen molar-refractivity contribution in [1.82, 2.24) is 4.57 Å². The number of hydrogen-bond donors (Lipinski definition) is 0. The summed E-state index contributed by atoms with van der Waals surface area (Å²) >= 11 is 0. The van der Waals surface area contributed by atoms with Gasteiger partial charge in [-0.3, -0.25) is 0 Å². The number of fused-ring (bicyclic) bond motifs is 7. The molecule has 0 amide bonds. The lowest BCUT2D eigenvalue weighted by atomic mass is 9.33. The average Bonchev–Trinajstić information content (AvgIpc) is 3.46. The molecule has 46 heavy (non-hydrogen) atoms. The van der Waals surface area contributed by atoms with Crippen molar-refractivity contribution in [3.63, 3.8) is 0 Å². The van der Waals surface area contributed by atoms with Crippen molar-refractivity contribution in [3.8, 4) is 16.9 Å². The molecule has 1 fully saturated rings. The lowest BCUT2D eigenvalue weighted by Gasteiger charge is -2.52. The van der Waals surface area contributed by atoms with Gasteiger partial charge in [-0.15, -0.1) is 0 Å². The average molecular weight is 603 g/mol. The molecule has 232 valence electrons. The minimum atomic E-state index is -0.0283. The van der Waals surface area contributed by atoms with Gasteiger partial charge in [0.05, 0.1) is 11.2 Å². The van der Waals surface area contributed by atoms with Gasteiger partial charge < -0.3 is 9.47 Å². The first-order valence-electron chi connectivity index (χ1n) is 17.6. The van der Waals surface area contributed by atoms with Crippen molar-refractivity contribution in [3.05, 3.63) is 95.1 Å². The van der Waals surface area contributed by atoms with Crippen LogP contribution in [0.25, 0.3) is 27.8 Å². The normalized spacial score (nSPS) is 22.6. The highest BCUT2D eigenvalue weighted by Gasteiger charge is 2.61. The fourth-order valence-corrected chi connectivity index (χ4v) is 10.3. The molecule has 4 aliphatic rings. The Kier molecular flexibility index (Phi) is 5.45. The van der Waals surface area contributed by atoms with Crippen molar-refractivity contribution >= 4 is 45.4 Å². The van der Waals surface area contributed by atoms with Crippen LogP contribution in [0.4, 0.5) is 11.4 Å². The standard InChI is InChI=1S/C43H47BN2/c1-26-22-33-36-34(23-26)46-39-30(42(8)20-13-14-21-43(42,46)9)24-28(40(2,3)4)25-32(39)44(36)31-19-15-18-29-35(41(5,6)7)37(45(33)38(29)31)27-16-11-10-12-17-27/h10-12,15-19,22-25H,13-14,20-21H2,1-9H3. The molecule has 2 unspecified atom stereocenters. The summed E-state index contributed by atoms with van der Waals surface area (Å²) in [6.45, 7) is 22.1. The molecule has 1 aliphatic carbocycles. The van der Waals surface area contributed by atoms with Crippen LogP contribution in [0, 0.1) is 6.92 Å². The predicted molar refractivity (Wildman–Crippen MR) is 198 cm³/mol. The highest BCUT2D eigenvalue weighted by molar-refractivity contribution is 7.00. The summed E-state index contributed by atoms with van der Waals surface area (Å²) in [6, 6.07) is 28.6. The summed E-state index contributed by atoms with van der Waals surface area (Å²) in [4.78, 5) is 2.87. The van der Waals surface area contributed by atoms with Gasteiger partial charge in [0.25, 0.3) is 6.71 Å². The SMILES string of the molecule is Cc1cc2c3c(c1)-n1c(-c4ccccc4)c(C(C)(C)C)c4cccc(c41)B3c1cc(C(C)(C)C)cc3c1N2C1(C)CCCCC31C. The summed E-state index contributed by atoms with van der Waals surface area (Å²) in [6.07, 6.45) is 5.08. The lowest BCUT2D eigenvalue weighted by Crippen LogP contribution is -2.64. The monoisotopic (exact) mass is 602 g/mol. The summed E-state index contributed by atoms with van der Waals surface area (Å²) < 4.78 is 2.68. The van der Waals surface area contributed by atoms with E-state index in [1.165, 1.54) is 98.0 Å². The van der Waals surface area contributed by atoms with E-state index in [0.717, 1.165) is 0 Å². The van der Waals surface area contributed by atoms with E-state index in [-0.39, 0.29) is 28.5 Å². The Bertz CT molecular complexity index is 2120. The minimum absolute atomic E-state index is 0.0283. The maximum Gasteiger partial charge on any atom is 0.252 e. The number of aryl methyl sites for hydroxylation is 1. The zero-order valence-electron chi connectivity index (χ0n) is 29.2. The topological polar surface area (TPSA) is 8.17 Å². The number of rotatable bonds is 1. The quantitative estimate of drug-likeness (QED) is 0.171. The zero-order chi connectivity index (χ0) is 32.1. The number of para-hydroxylation sites is 1. The van der Waals surface area contributed by atoms with Crippen LogP contribution >= 0.6 is 0 Å². The number of hydrogen-bond acceptors (Lipinski definition) is 1. The highest BCUT2D eigenvalue weighted by Crippen LogP contribution is 2.62. The number of aromatic nitrogens is 1. The summed E-state index contributed by atoms with van der Waals surface area (Å²) in [5, 5.41) is 1.40. The molecule has 5 aromatic rings. The molecule has 2 atom stereocenters. The van der Waals surface area contributed by atoms with Gasteiger partial charge in [0.1, 0.15) is 0 Å². The third-order valence-corrected chi connectivity index (χ3v) is 12.6. The molecule has 4 aromatic carbocycles. The Morgan fingerprint density at radius 1 is 0.739 bits per heavy atom. The lowest BCUT2D eigenvalue weighted by molar-refractivity contribution is 0.195. The largest absolute Gasteiger partial charge is 0.335 e. The summed E-state index contributed by atoms with van der Waals surface area (Å²) in [5.74, 6) is 0. The number of anilines is 2. The Balaban J connectivity index is 1.49. The Morgan fingerprint density at radius 3 is 2.17 bits per heavy atom. The van der Waals surface area contributed by atoms with Gasteiger partial charge in [-0.05, 0) is 93.9 Å². The van der Waals surface area contributed by atoms with Gasteiger partial charge in [0, 0.05) is 33.4 Å². The van der Waals surface area contributed by atoms with Crippen molar-refractivity contribution in [1.29, 1.82) is 0 Å². The van der Waals surface area contributed by atoms with Gasteiger partial charge in [-0.1, -0.05) is 122 Å². The summed E-state index contributed by atoms with van der Waals surface area (Å²) in [5.41, 5.74) is 18.9. The second kappa shape index (κ2) is 8.79.